The molecule has 1 aliphatic carbocycles. The van der Waals surface area contributed by atoms with Crippen molar-refractivity contribution in [2.45, 2.75) is 38.5 Å². The standard InChI is InChI=1S/C26H26N2O2/c29-26-22-12-7-14-23(22)27-24-13-4-5-15-25(24)28(26)17-20-10-6-11-21(16-20)30-18-19-8-2-1-3-9-19/h1-6,8-11,13,15-16,22-23,27H,7,12,14,17-18H2/t22-,23+/m0/s1. The number of anilines is 2. The quantitative estimate of drug-likeness (QED) is 0.626. The van der Waals surface area contributed by atoms with Crippen molar-refractivity contribution in [1.82, 2.24) is 0 Å². The average Bonchev–Trinajstić information content (AvgIpc) is 3.21. The van der Waals surface area contributed by atoms with Crippen molar-refractivity contribution < 1.29 is 9.53 Å². The molecule has 152 valence electrons. The largest absolute Gasteiger partial charge is 0.489 e. The summed E-state index contributed by atoms with van der Waals surface area (Å²) in [7, 11) is 0. The van der Waals surface area contributed by atoms with Gasteiger partial charge in [0.05, 0.1) is 23.8 Å². The van der Waals surface area contributed by atoms with Gasteiger partial charge in [0.1, 0.15) is 12.4 Å². The summed E-state index contributed by atoms with van der Waals surface area (Å²) < 4.78 is 6.00. The average molecular weight is 399 g/mol. The molecule has 4 heteroatoms. The van der Waals surface area contributed by atoms with Gasteiger partial charge in [0.2, 0.25) is 5.91 Å². The van der Waals surface area contributed by atoms with E-state index in [0.717, 1.165) is 47.5 Å². The summed E-state index contributed by atoms with van der Waals surface area (Å²) in [5.41, 5.74) is 4.22. The highest BCUT2D eigenvalue weighted by Crippen LogP contribution is 2.39. The summed E-state index contributed by atoms with van der Waals surface area (Å²) in [6, 6.07) is 26.6. The van der Waals surface area contributed by atoms with Crippen molar-refractivity contribution in [2.24, 2.45) is 5.92 Å². The summed E-state index contributed by atoms with van der Waals surface area (Å²) in [4.78, 5) is 15.4. The predicted octanol–water partition coefficient (Wildman–Crippen LogP) is 5.39. The molecule has 1 N–H and O–H groups in total. The Morgan fingerprint density at radius 3 is 2.60 bits per heavy atom. The van der Waals surface area contributed by atoms with Gasteiger partial charge < -0.3 is 15.0 Å². The fraction of sp³-hybridized carbons (Fsp3) is 0.269. The molecule has 0 bridgehead atoms. The van der Waals surface area contributed by atoms with E-state index in [9.17, 15) is 4.79 Å². The highest BCUT2D eigenvalue weighted by Gasteiger charge is 2.39. The molecule has 0 spiro atoms. The van der Waals surface area contributed by atoms with Gasteiger partial charge in [0.15, 0.2) is 0 Å². The van der Waals surface area contributed by atoms with E-state index in [4.69, 9.17) is 4.74 Å². The first-order chi connectivity index (χ1) is 14.8. The van der Waals surface area contributed by atoms with E-state index in [0.29, 0.717) is 13.2 Å². The smallest absolute Gasteiger partial charge is 0.232 e. The molecule has 30 heavy (non-hydrogen) atoms. The molecule has 1 aliphatic heterocycles. The number of nitrogens with zero attached hydrogens (tertiary/aromatic N) is 1. The van der Waals surface area contributed by atoms with Crippen molar-refractivity contribution in [2.75, 3.05) is 10.2 Å². The molecular weight excluding hydrogens is 372 g/mol. The Kier molecular flexibility index (Phi) is 5.14. The van der Waals surface area contributed by atoms with Crippen molar-refractivity contribution in [3.63, 3.8) is 0 Å². The zero-order valence-electron chi connectivity index (χ0n) is 17.0. The topological polar surface area (TPSA) is 41.6 Å². The molecule has 1 amide bonds. The number of carbonyl (C=O) groups excluding carboxylic acids is 1. The van der Waals surface area contributed by atoms with Gasteiger partial charge in [-0.1, -0.05) is 61.0 Å². The Labute approximate surface area is 177 Å². The SMILES string of the molecule is O=C1[C@H]2CCC[C@H]2Nc2ccccc2N1Cc1cccc(OCc2ccccc2)c1. The summed E-state index contributed by atoms with van der Waals surface area (Å²) >= 11 is 0. The van der Waals surface area contributed by atoms with Gasteiger partial charge in [-0.05, 0) is 48.2 Å². The molecule has 0 aromatic heterocycles. The molecule has 2 atom stereocenters. The van der Waals surface area contributed by atoms with Crippen molar-refractivity contribution >= 4 is 17.3 Å². The monoisotopic (exact) mass is 398 g/mol. The lowest BCUT2D eigenvalue weighted by Crippen LogP contribution is -2.38. The summed E-state index contributed by atoms with van der Waals surface area (Å²) in [6.07, 6.45) is 3.12. The van der Waals surface area contributed by atoms with Crippen LogP contribution in [-0.2, 0) is 17.9 Å². The second-order valence-electron chi connectivity index (χ2n) is 8.15. The van der Waals surface area contributed by atoms with Crippen LogP contribution in [0.25, 0.3) is 0 Å². The van der Waals surface area contributed by atoms with Crippen LogP contribution in [0.5, 0.6) is 5.75 Å². The van der Waals surface area contributed by atoms with Crippen LogP contribution in [0, 0.1) is 5.92 Å². The molecule has 1 heterocycles. The molecular formula is C26H26N2O2. The van der Waals surface area contributed by atoms with Crippen molar-refractivity contribution in [1.29, 1.82) is 0 Å². The lowest BCUT2D eigenvalue weighted by atomic mass is 10.0. The minimum Gasteiger partial charge on any atom is -0.489 e. The van der Waals surface area contributed by atoms with Crippen LogP contribution in [0.3, 0.4) is 0 Å². The van der Waals surface area contributed by atoms with Crippen LogP contribution in [0.1, 0.15) is 30.4 Å². The third-order valence-electron chi connectivity index (χ3n) is 6.12. The van der Waals surface area contributed by atoms with E-state index in [1.54, 1.807) is 0 Å². The number of para-hydroxylation sites is 2. The zero-order chi connectivity index (χ0) is 20.3. The number of amides is 1. The van der Waals surface area contributed by atoms with Gasteiger partial charge in [0, 0.05) is 6.04 Å². The molecule has 0 radical (unpaired) electrons. The summed E-state index contributed by atoms with van der Waals surface area (Å²) in [5, 5.41) is 3.63. The summed E-state index contributed by atoms with van der Waals surface area (Å²) in [6.45, 7) is 1.08. The van der Waals surface area contributed by atoms with E-state index in [1.165, 1.54) is 0 Å². The molecule has 2 aliphatic rings. The third kappa shape index (κ3) is 3.78. The first-order valence-electron chi connectivity index (χ1n) is 10.7. The van der Waals surface area contributed by atoms with Gasteiger partial charge >= 0.3 is 0 Å². The van der Waals surface area contributed by atoms with Crippen molar-refractivity contribution in [3.05, 3.63) is 90.0 Å². The Morgan fingerprint density at radius 2 is 1.70 bits per heavy atom. The number of carbonyl (C=O) groups is 1. The lowest BCUT2D eigenvalue weighted by Gasteiger charge is -2.25. The minimum absolute atomic E-state index is 0.0508. The normalized spacial score (nSPS) is 20.1. The number of ether oxygens (including phenoxy) is 1. The number of nitrogens with one attached hydrogen (secondary N) is 1. The minimum atomic E-state index is 0.0508. The number of hydrogen-bond donors (Lipinski definition) is 1. The van der Waals surface area contributed by atoms with Crippen molar-refractivity contribution in [3.8, 4) is 5.75 Å². The van der Waals surface area contributed by atoms with E-state index in [1.807, 2.05) is 59.5 Å². The molecule has 0 unspecified atom stereocenters. The fourth-order valence-corrected chi connectivity index (χ4v) is 4.60. The number of fused-ring (bicyclic) bond motifs is 2. The van der Waals surface area contributed by atoms with Gasteiger partial charge in [-0.3, -0.25) is 4.79 Å². The highest BCUT2D eigenvalue weighted by atomic mass is 16.5. The van der Waals surface area contributed by atoms with Crippen LogP contribution in [0.2, 0.25) is 0 Å². The molecule has 3 aromatic carbocycles. The Hall–Kier alpha value is -3.27. The zero-order valence-corrected chi connectivity index (χ0v) is 17.0. The fourth-order valence-electron chi connectivity index (χ4n) is 4.60. The molecule has 1 saturated carbocycles. The predicted molar refractivity (Wildman–Crippen MR) is 120 cm³/mol. The van der Waals surface area contributed by atoms with Gasteiger partial charge in [-0.15, -0.1) is 0 Å². The molecule has 1 fully saturated rings. The molecule has 4 nitrogen and oxygen atoms in total. The first-order valence-corrected chi connectivity index (χ1v) is 10.7. The number of benzene rings is 3. The second-order valence-corrected chi connectivity index (χ2v) is 8.15. The van der Waals surface area contributed by atoms with Crippen LogP contribution in [0.15, 0.2) is 78.9 Å². The van der Waals surface area contributed by atoms with Crippen LogP contribution in [0.4, 0.5) is 11.4 Å². The van der Waals surface area contributed by atoms with E-state index < -0.39 is 0 Å². The Morgan fingerprint density at radius 1 is 0.900 bits per heavy atom. The maximum atomic E-state index is 13.4. The van der Waals surface area contributed by atoms with Gasteiger partial charge in [0.25, 0.3) is 0 Å². The Bertz CT molecular complexity index is 1030. The number of rotatable bonds is 5. The maximum absolute atomic E-state index is 13.4. The maximum Gasteiger partial charge on any atom is 0.232 e. The second kappa shape index (κ2) is 8.23. The van der Waals surface area contributed by atoms with Crippen LogP contribution in [-0.4, -0.2) is 11.9 Å². The van der Waals surface area contributed by atoms with E-state index in [-0.39, 0.29) is 17.9 Å². The summed E-state index contributed by atoms with van der Waals surface area (Å²) in [5.74, 6) is 1.10. The van der Waals surface area contributed by atoms with E-state index in [2.05, 4.69) is 29.6 Å². The first kappa shape index (κ1) is 18.7. The molecule has 3 aromatic rings. The Balaban J connectivity index is 1.38. The van der Waals surface area contributed by atoms with E-state index >= 15 is 0 Å². The lowest BCUT2D eigenvalue weighted by molar-refractivity contribution is -0.122. The van der Waals surface area contributed by atoms with Crippen LogP contribution < -0.4 is 15.0 Å². The van der Waals surface area contributed by atoms with Gasteiger partial charge in [-0.25, -0.2) is 0 Å². The number of hydrogen-bond acceptors (Lipinski definition) is 3. The molecule has 0 saturated heterocycles. The highest BCUT2D eigenvalue weighted by molar-refractivity contribution is 6.00. The third-order valence-corrected chi connectivity index (χ3v) is 6.12. The van der Waals surface area contributed by atoms with Crippen LogP contribution >= 0.6 is 0 Å². The van der Waals surface area contributed by atoms with Gasteiger partial charge in [-0.2, -0.15) is 0 Å². The molecule has 5 rings (SSSR count).